The molecule has 1 N–H and O–H groups in total. The summed E-state index contributed by atoms with van der Waals surface area (Å²) in [5.41, 5.74) is 2.14. The monoisotopic (exact) mass is 409 g/mol. The van der Waals surface area contributed by atoms with E-state index in [1.165, 1.54) is 0 Å². The van der Waals surface area contributed by atoms with Crippen LogP contribution in [0.1, 0.15) is 42.5 Å². The number of amides is 3. The highest BCUT2D eigenvalue weighted by Crippen LogP contribution is 2.26. The van der Waals surface area contributed by atoms with Gasteiger partial charge in [0.25, 0.3) is 5.91 Å². The third-order valence-electron chi connectivity index (χ3n) is 5.84. The second-order valence-corrected chi connectivity index (χ2v) is 8.09. The highest BCUT2D eigenvalue weighted by molar-refractivity contribution is 5.97. The Hall–Kier alpha value is -3.16. The smallest absolute Gasteiger partial charge is 0.257 e. The van der Waals surface area contributed by atoms with E-state index in [0.717, 1.165) is 31.5 Å². The van der Waals surface area contributed by atoms with E-state index >= 15 is 0 Å². The summed E-state index contributed by atoms with van der Waals surface area (Å²) < 4.78 is 1.62. The van der Waals surface area contributed by atoms with Crippen molar-refractivity contribution in [3.63, 3.8) is 0 Å². The van der Waals surface area contributed by atoms with Crippen molar-refractivity contribution < 1.29 is 14.4 Å². The zero-order chi connectivity index (χ0) is 21.1. The lowest BCUT2D eigenvalue weighted by molar-refractivity contribution is -0.118. The van der Waals surface area contributed by atoms with Crippen LogP contribution in [0.4, 0.5) is 11.4 Å². The van der Waals surface area contributed by atoms with Crippen LogP contribution in [0.3, 0.4) is 0 Å². The molecule has 1 aromatic heterocycles. The van der Waals surface area contributed by atoms with Gasteiger partial charge in [-0.1, -0.05) is 6.07 Å². The summed E-state index contributed by atoms with van der Waals surface area (Å²) in [5, 5.41) is 7.02. The van der Waals surface area contributed by atoms with Crippen molar-refractivity contribution in [2.24, 2.45) is 13.0 Å². The number of hydrogen-bond acceptors (Lipinski definition) is 4. The zero-order valence-electron chi connectivity index (χ0n) is 17.2. The van der Waals surface area contributed by atoms with Crippen molar-refractivity contribution in [1.82, 2.24) is 14.7 Å². The quantitative estimate of drug-likeness (QED) is 0.822. The van der Waals surface area contributed by atoms with Gasteiger partial charge in [-0.25, -0.2) is 0 Å². The average molecular weight is 409 g/mol. The lowest BCUT2D eigenvalue weighted by atomic mass is 9.93. The summed E-state index contributed by atoms with van der Waals surface area (Å²) in [4.78, 5) is 40.6. The van der Waals surface area contributed by atoms with Crippen LogP contribution in [0, 0.1) is 5.92 Å². The van der Waals surface area contributed by atoms with Crippen LogP contribution in [0.2, 0.25) is 0 Å². The predicted octanol–water partition coefficient (Wildman–Crippen LogP) is 2.43. The minimum atomic E-state index is -0.0306. The number of rotatable bonds is 5. The average Bonchev–Trinajstić information content (AvgIpc) is 3.36. The molecule has 0 radical (unpaired) electrons. The number of likely N-dealkylation sites (tertiary alicyclic amines) is 1. The molecule has 8 nitrogen and oxygen atoms in total. The highest BCUT2D eigenvalue weighted by atomic mass is 16.2. The molecule has 30 heavy (non-hydrogen) atoms. The number of carbonyl (C=O) groups excluding carboxylic acids is 3. The van der Waals surface area contributed by atoms with Gasteiger partial charge in [-0.05, 0) is 43.4 Å². The third-order valence-corrected chi connectivity index (χ3v) is 5.84. The number of nitrogens with zero attached hydrogens (tertiary/aromatic N) is 4. The van der Waals surface area contributed by atoms with Crippen LogP contribution in [0.25, 0.3) is 0 Å². The van der Waals surface area contributed by atoms with Crippen LogP contribution in [-0.4, -0.2) is 52.0 Å². The van der Waals surface area contributed by atoms with E-state index in [1.54, 1.807) is 29.0 Å². The fraction of sp³-hybridized carbons (Fsp3) is 0.455. The Balaban J connectivity index is 1.27. The van der Waals surface area contributed by atoms with Gasteiger partial charge >= 0.3 is 0 Å². The summed E-state index contributed by atoms with van der Waals surface area (Å²) in [7, 11) is 1.79. The molecule has 0 bridgehead atoms. The predicted molar refractivity (Wildman–Crippen MR) is 113 cm³/mol. The molecule has 0 saturated carbocycles. The third kappa shape index (κ3) is 4.53. The van der Waals surface area contributed by atoms with Crippen LogP contribution >= 0.6 is 0 Å². The first kappa shape index (κ1) is 20.1. The number of aromatic nitrogens is 2. The molecule has 2 saturated heterocycles. The van der Waals surface area contributed by atoms with Crippen molar-refractivity contribution in [1.29, 1.82) is 0 Å². The zero-order valence-corrected chi connectivity index (χ0v) is 17.2. The van der Waals surface area contributed by atoms with Gasteiger partial charge < -0.3 is 15.1 Å². The van der Waals surface area contributed by atoms with E-state index in [9.17, 15) is 14.4 Å². The molecule has 158 valence electrons. The Kier molecular flexibility index (Phi) is 5.83. The fourth-order valence-corrected chi connectivity index (χ4v) is 4.20. The van der Waals surface area contributed by atoms with Gasteiger partial charge in [-0.15, -0.1) is 0 Å². The van der Waals surface area contributed by atoms with Gasteiger partial charge in [0, 0.05) is 57.1 Å². The highest BCUT2D eigenvalue weighted by Gasteiger charge is 2.26. The van der Waals surface area contributed by atoms with Crippen molar-refractivity contribution in [2.45, 2.75) is 32.1 Å². The first-order valence-electron chi connectivity index (χ1n) is 10.5. The molecule has 2 fully saturated rings. The molecule has 2 aliphatic heterocycles. The summed E-state index contributed by atoms with van der Waals surface area (Å²) in [6, 6.07) is 7.46. The first-order chi connectivity index (χ1) is 14.5. The molecule has 2 aromatic rings. The summed E-state index contributed by atoms with van der Waals surface area (Å²) in [6.07, 6.45) is 6.82. The molecule has 8 heteroatoms. The molecular weight excluding hydrogens is 382 g/mol. The van der Waals surface area contributed by atoms with Gasteiger partial charge in [0.2, 0.25) is 11.8 Å². The Morgan fingerprint density at radius 3 is 2.67 bits per heavy atom. The maximum absolute atomic E-state index is 12.5. The van der Waals surface area contributed by atoms with E-state index in [1.807, 2.05) is 29.2 Å². The largest absolute Gasteiger partial charge is 0.339 e. The van der Waals surface area contributed by atoms with Crippen molar-refractivity contribution in [3.05, 3.63) is 42.2 Å². The second-order valence-electron chi connectivity index (χ2n) is 8.09. The number of anilines is 2. The van der Waals surface area contributed by atoms with Gasteiger partial charge in [-0.2, -0.15) is 5.10 Å². The summed E-state index contributed by atoms with van der Waals surface area (Å²) in [6.45, 7) is 2.03. The molecule has 4 rings (SSSR count). The van der Waals surface area contributed by atoms with E-state index in [0.29, 0.717) is 37.2 Å². The van der Waals surface area contributed by atoms with Gasteiger partial charge in [0.1, 0.15) is 0 Å². The number of hydrogen-bond donors (Lipinski definition) is 1. The van der Waals surface area contributed by atoms with Gasteiger partial charge in [0.15, 0.2) is 0 Å². The maximum Gasteiger partial charge on any atom is 0.257 e. The molecule has 3 heterocycles. The topological polar surface area (TPSA) is 87.5 Å². The van der Waals surface area contributed by atoms with Crippen LogP contribution in [0.5, 0.6) is 0 Å². The SMILES string of the molecule is Cn1cc(C(=O)N2CCC(CC(=O)Nc3cccc(N4CCCC4=O)c3)CC2)cn1. The minimum absolute atomic E-state index is 0.000670. The fourth-order valence-electron chi connectivity index (χ4n) is 4.20. The van der Waals surface area contributed by atoms with E-state index in [-0.39, 0.29) is 23.6 Å². The minimum Gasteiger partial charge on any atom is -0.339 e. The van der Waals surface area contributed by atoms with Crippen molar-refractivity contribution in [2.75, 3.05) is 29.9 Å². The van der Waals surface area contributed by atoms with Crippen molar-refractivity contribution in [3.8, 4) is 0 Å². The number of aryl methyl sites for hydroxylation is 1. The van der Waals surface area contributed by atoms with Gasteiger partial charge in [0.05, 0.1) is 11.8 Å². The van der Waals surface area contributed by atoms with E-state index in [4.69, 9.17) is 0 Å². The van der Waals surface area contributed by atoms with Crippen LogP contribution < -0.4 is 10.2 Å². The molecule has 3 amide bonds. The molecule has 0 aliphatic carbocycles. The van der Waals surface area contributed by atoms with E-state index in [2.05, 4.69) is 10.4 Å². The number of piperidine rings is 1. The number of nitrogens with one attached hydrogen (secondary N) is 1. The molecule has 0 unspecified atom stereocenters. The normalized spacial score (nSPS) is 17.4. The first-order valence-corrected chi connectivity index (χ1v) is 10.5. The van der Waals surface area contributed by atoms with Crippen LogP contribution in [0.15, 0.2) is 36.7 Å². The maximum atomic E-state index is 12.5. The summed E-state index contributed by atoms with van der Waals surface area (Å²) >= 11 is 0. The molecule has 0 spiro atoms. The lowest BCUT2D eigenvalue weighted by Gasteiger charge is -2.31. The summed E-state index contributed by atoms with van der Waals surface area (Å²) in [5.74, 6) is 0.355. The van der Waals surface area contributed by atoms with Crippen molar-refractivity contribution >= 4 is 29.1 Å². The molecule has 2 aliphatic rings. The van der Waals surface area contributed by atoms with E-state index < -0.39 is 0 Å². The standard InChI is InChI=1S/C22H27N5O3/c1-25-15-17(14-23-25)22(30)26-10-7-16(8-11-26)12-20(28)24-18-4-2-5-19(13-18)27-9-3-6-21(27)29/h2,4-5,13-16H,3,6-12H2,1H3,(H,24,28). The Labute approximate surface area is 175 Å². The van der Waals surface area contributed by atoms with Crippen LogP contribution in [-0.2, 0) is 16.6 Å². The molecule has 1 aromatic carbocycles. The van der Waals surface area contributed by atoms with Gasteiger partial charge in [-0.3, -0.25) is 19.1 Å². The lowest BCUT2D eigenvalue weighted by Crippen LogP contribution is -2.39. The Bertz CT molecular complexity index is 946. The number of carbonyl (C=O) groups is 3. The molecular formula is C22H27N5O3. The molecule has 0 atom stereocenters. The second kappa shape index (κ2) is 8.69. The Morgan fingerprint density at radius 1 is 1.20 bits per heavy atom. The Morgan fingerprint density at radius 2 is 2.00 bits per heavy atom. The number of benzene rings is 1.